The predicted molar refractivity (Wildman–Crippen MR) is 89.9 cm³/mol. The van der Waals surface area contributed by atoms with Gasteiger partial charge in [0.1, 0.15) is 5.75 Å². The molecular weight excluding hydrogens is 320 g/mol. The molecule has 0 aliphatic heterocycles. The Morgan fingerprint density at radius 3 is 2.82 bits per heavy atom. The summed E-state index contributed by atoms with van der Waals surface area (Å²) in [6.07, 6.45) is 0. The molecule has 112 valence electrons. The van der Waals surface area contributed by atoms with Gasteiger partial charge in [-0.2, -0.15) is 0 Å². The fraction of sp³-hybridized carbons (Fsp3) is 0.125. The van der Waals surface area contributed by atoms with Gasteiger partial charge in [-0.05, 0) is 36.8 Å². The average molecular weight is 333 g/mol. The van der Waals surface area contributed by atoms with Crippen LogP contribution in [0.4, 0.5) is 5.13 Å². The van der Waals surface area contributed by atoms with E-state index in [1.807, 2.05) is 37.3 Å². The number of thiazole rings is 1. The minimum Gasteiger partial charge on any atom is -0.484 e. The molecule has 4 nitrogen and oxygen atoms in total. The second-order valence-electron chi connectivity index (χ2n) is 4.69. The molecule has 0 radical (unpaired) electrons. The number of benzene rings is 2. The van der Waals surface area contributed by atoms with Crippen molar-refractivity contribution in [3.63, 3.8) is 0 Å². The van der Waals surface area contributed by atoms with Crippen LogP contribution in [0, 0.1) is 6.92 Å². The number of nitrogens with zero attached hydrogens (tertiary/aromatic N) is 1. The van der Waals surface area contributed by atoms with E-state index in [2.05, 4.69) is 10.3 Å². The molecule has 0 spiro atoms. The number of fused-ring (bicyclic) bond motifs is 1. The topological polar surface area (TPSA) is 51.2 Å². The van der Waals surface area contributed by atoms with Crippen molar-refractivity contribution in [2.75, 3.05) is 11.9 Å². The zero-order valence-corrected chi connectivity index (χ0v) is 13.4. The first-order valence-electron chi connectivity index (χ1n) is 6.67. The number of aryl methyl sites for hydroxylation is 1. The Bertz CT molecular complexity index is 818. The van der Waals surface area contributed by atoms with Crippen molar-refractivity contribution in [1.29, 1.82) is 0 Å². The van der Waals surface area contributed by atoms with Gasteiger partial charge in [-0.3, -0.25) is 10.1 Å². The van der Waals surface area contributed by atoms with Crippen molar-refractivity contribution in [3.8, 4) is 5.75 Å². The van der Waals surface area contributed by atoms with Gasteiger partial charge in [0.05, 0.1) is 10.2 Å². The standard InChI is InChI=1S/C16H13ClN2O2S/c1-10-12(17)7-8-13-15(10)19-16(22-13)18-14(20)9-21-11-5-3-2-4-6-11/h2-8H,9H2,1H3,(H,18,19,20). The SMILES string of the molecule is Cc1c(Cl)ccc2sc(NC(=O)COc3ccccc3)nc12. The highest BCUT2D eigenvalue weighted by atomic mass is 35.5. The molecule has 0 saturated carbocycles. The molecule has 0 aliphatic carbocycles. The summed E-state index contributed by atoms with van der Waals surface area (Å²) in [5.74, 6) is 0.413. The van der Waals surface area contributed by atoms with E-state index in [0.717, 1.165) is 15.8 Å². The van der Waals surface area contributed by atoms with Gasteiger partial charge in [0.25, 0.3) is 5.91 Å². The lowest BCUT2D eigenvalue weighted by Gasteiger charge is -2.05. The van der Waals surface area contributed by atoms with Crippen molar-refractivity contribution < 1.29 is 9.53 Å². The van der Waals surface area contributed by atoms with Crippen LogP contribution in [0.1, 0.15) is 5.56 Å². The molecule has 0 saturated heterocycles. The quantitative estimate of drug-likeness (QED) is 0.776. The highest BCUT2D eigenvalue weighted by Gasteiger charge is 2.11. The third-order valence-corrected chi connectivity index (χ3v) is 4.45. The van der Waals surface area contributed by atoms with Crippen LogP contribution < -0.4 is 10.1 Å². The van der Waals surface area contributed by atoms with E-state index in [9.17, 15) is 4.79 Å². The number of ether oxygens (including phenoxy) is 1. The normalized spacial score (nSPS) is 10.6. The summed E-state index contributed by atoms with van der Waals surface area (Å²) in [6.45, 7) is 1.86. The summed E-state index contributed by atoms with van der Waals surface area (Å²) >= 11 is 7.49. The summed E-state index contributed by atoms with van der Waals surface area (Å²) in [4.78, 5) is 16.3. The van der Waals surface area contributed by atoms with E-state index in [1.165, 1.54) is 11.3 Å². The van der Waals surface area contributed by atoms with Gasteiger partial charge >= 0.3 is 0 Å². The van der Waals surface area contributed by atoms with Gasteiger partial charge in [0.2, 0.25) is 0 Å². The van der Waals surface area contributed by atoms with Crippen LogP contribution in [-0.4, -0.2) is 17.5 Å². The molecule has 3 rings (SSSR count). The van der Waals surface area contributed by atoms with E-state index in [4.69, 9.17) is 16.3 Å². The number of hydrogen-bond acceptors (Lipinski definition) is 4. The highest BCUT2D eigenvalue weighted by molar-refractivity contribution is 7.22. The van der Waals surface area contributed by atoms with Crippen molar-refractivity contribution in [3.05, 3.63) is 53.1 Å². The van der Waals surface area contributed by atoms with Crippen LogP contribution in [0.2, 0.25) is 5.02 Å². The van der Waals surface area contributed by atoms with E-state index in [-0.39, 0.29) is 12.5 Å². The molecule has 3 aromatic rings. The van der Waals surface area contributed by atoms with Gasteiger partial charge in [-0.1, -0.05) is 41.1 Å². The number of para-hydroxylation sites is 1. The maximum absolute atomic E-state index is 11.9. The minimum absolute atomic E-state index is 0.0559. The number of anilines is 1. The van der Waals surface area contributed by atoms with Gasteiger partial charge in [-0.15, -0.1) is 0 Å². The zero-order valence-electron chi connectivity index (χ0n) is 11.8. The second kappa shape index (κ2) is 6.34. The molecular formula is C16H13ClN2O2S. The van der Waals surface area contributed by atoms with Crippen molar-refractivity contribution in [1.82, 2.24) is 4.98 Å². The Morgan fingerprint density at radius 1 is 1.27 bits per heavy atom. The van der Waals surface area contributed by atoms with E-state index < -0.39 is 0 Å². The van der Waals surface area contributed by atoms with Gasteiger partial charge in [0.15, 0.2) is 11.7 Å². The molecule has 0 unspecified atom stereocenters. The van der Waals surface area contributed by atoms with Crippen molar-refractivity contribution >= 4 is 44.2 Å². The first-order valence-corrected chi connectivity index (χ1v) is 7.86. The molecule has 0 aliphatic rings. The molecule has 1 N–H and O–H groups in total. The van der Waals surface area contributed by atoms with Crippen LogP contribution in [0.5, 0.6) is 5.75 Å². The molecule has 22 heavy (non-hydrogen) atoms. The summed E-state index contributed by atoms with van der Waals surface area (Å²) in [5.41, 5.74) is 1.73. The van der Waals surface area contributed by atoms with Gasteiger partial charge < -0.3 is 4.74 Å². The lowest BCUT2D eigenvalue weighted by molar-refractivity contribution is -0.118. The van der Waals surface area contributed by atoms with Crippen molar-refractivity contribution in [2.45, 2.75) is 6.92 Å². The van der Waals surface area contributed by atoms with Gasteiger partial charge in [0, 0.05) is 5.02 Å². The first kappa shape index (κ1) is 14.8. The number of carbonyl (C=O) groups is 1. The Hall–Kier alpha value is -2.11. The second-order valence-corrected chi connectivity index (χ2v) is 6.13. The molecule has 1 aromatic heterocycles. The van der Waals surface area contributed by atoms with Crippen molar-refractivity contribution in [2.24, 2.45) is 0 Å². The zero-order chi connectivity index (χ0) is 15.5. The molecule has 1 amide bonds. The van der Waals surface area contributed by atoms with Crippen LogP contribution >= 0.6 is 22.9 Å². The number of aromatic nitrogens is 1. The Labute approximate surface area is 136 Å². The third kappa shape index (κ3) is 3.21. The average Bonchev–Trinajstić information content (AvgIpc) is 2.93. The number of carbonyl (C=O) groups excluding carboxylic acids is 1. The maximum Gasteiger partial charge on any atom is 0.264 e. The fourth-order valence-corrected chi connectivity index (χ4v) is 3.07. The lowest BCUT2D eigenvalue weighted by atomic mass is 10.2. The molecule has 2 aromatic carbocycles. The van der Waals surface area contributed by atoms with E-state index in [1.54, 1.807) is 12.1 Å². The van der Waals surface area contributed by atoms with E-state index >= 15 is 0 Å². The van der Waals surface area contributed by atoms with Gasteiger partial charge in [-0.25, -0.2) is 4.98 Å². The highest BCUT2D eigenvalue weighted by Crippen LogP contribution is 2.31. The Morgan fingerprint density at radius 2 is 2.05 bits per heavy atom. The molecule has 6 heteroatoms. The Kier molecular flexibility index (Phi) is 4.27. The summed E-state index contributed by atoms with van der Waals surface area (Å²) in [5, 5.41) is 3.96. The first-order chi connectivity index (χ1) is 10.6. The molecule has 1 heterocycles. The molecule has 0 atom stereocenters. The molecule has 0 fully saturated rings. The summed E-state index contributed by atoms with van der Waals surface area (Å²) in [6, 6.07) is 12.9. The number of amides is 1. The monoisotopic (exact) mass is 332 g/mol. The largest absolute Gasteiger partial charge is 0.484 e. The minimum atomic E-state index is -0.244. The molecule has 0 bridgehead atoms. The van der Waals surface area contributed by atoms with Crippen LogP contribution in [0.25, 0.3) is 10.2 Å². The Balaban J connectivity index is 1.68. The van der Waals surface area contributed by atoms with Crippen LogP contribution in [0.15, 0.2) is 42.5 Å². The lowest BCUT2D eigenvalue weighted by Crippen LogP contribution is -2.19. The summed E-state index contributed by atoms with van der Waals surface area (Å²) in [7, 11) is 0. The van der Waals surface area contributed by atoms with Crippen LogP contribution in [-0.2, 0) is 4.79 Å². The number of hydrogen-bond donors (Lipinski definition) is 1. The third-order valence-electron chi connectivity index (χ3n) is 3.11. The van der Waals surface area contributed by atoms with E-state index in [0.29, 0.717) is 15.9 Å². The number of halogens is 1. The van der Waals surface area contributed by atoms with Crippen LogP contribution in [0.3, 0.4) is 0 Å². The predicted octanol–water partition coefficient (Wildman–Crippen LogP) is 4.28. The fourth-order valence-electron chi connectivity index (χ4n) is 1.97. The number of rotatable bonds is 4. The number of nitrogens with one attached hydrogen (secondary N) is 1. The smallest absolute Gasteiger partial charge is 0.264 e. The summed E-state index contributed by atoms with van der Waals surface area (Å²) < 4.78 is 6.39. The maximum atomic E-state index is 11.9.